The summed E-state index contributed by atoms with van der Waals surface area (Å²) in [4.78, 5) is 0. The number of rotatable bonds is 6. The Morgan fingerprint density at radius 1 is 1.24 bits per heavy atom. The fourth-order valence-electron chi connectivity index (χ4n) is 1.93. The quantitative estimate of drug-likeness (QED) is 0.394. The van der Waals surface area contributed by atoms with Crippen molar-refractivity contribution in [2.75, 3.05) is 5.73 Å². The van der Waals surface area contributed by atoms with Gasteiger partial charge >= 0.3 is 0 Å². The van der Waals surface area contributed by atoms with Gasteiger partial charge in [-0.25, -0.2) is 0 Å². The van der Waals surface area contributed by atoms with E-state index in [-0.39, 0.29) is 0 Å². The van der Waals surface area contributed by atoms with Crippen LogP contribution in [0.4, 0.5) is 11.4 Å². The number of nitrogen functional groups attached to an aromatic ring is 1. The lowest BCUT2D eigenvalue weighted by molar-refractivity contribution is 1.11. The van der Waals surface area contributed by atoms with Gasteiger partial charge in [0.2, 0.25) is 0 Å². The van der Waals surface area contributed by atoms with Gasteiger partial charge in [0.25, 0.3) is 0 Å². The molecule has 0 bridgehead atoms. The number of allylic oxidation sites excluding steroid dienone is 4. The maximum atomic E-state index is 5.98. The highest BCUT2D eigenvalue weighted by Gasteiger charge is 2.06. The normalized spacial score (nSPS) is 12.8. The van der Waals surface area contributed by atoms with E-state index in [1.165, 1.54) is 0 Å². The first-order chi connectivity index (χ1) is 10.2. The Labute approximate surface area is 127 Å². The van der Waals surface area contributed by atoms with E-state index in [1.807, 2.05) is 56.4 Å². The van der Waals surface area contributed by atoms with Crippen LogP contribution in [0.3, 0.4) is 0 Å². The molecule has 3 nitrogen and oxygen atoms in total. The Hall–Kier alpha value is -2.42. The van der Waals surface area contributed by atoms with Crippen LogP contribution in [0, 0.1) is 0 Å². The molecule has 0 aliphatic carbocycles. The molecule has 0 aliphatic rings. The number of anilines is 1. The minimum Gasteiger partial charge on any atom is -0.398 e. The molecule has 1 aromatic rings. The van der Waals surface area contributed by atoms with Crippen LogP contribution in [0.15, 0.2) is 58.9 Å². The SMILES string of the molecule is C=Cc1c(N)ccc(N=NC(/C=C\C)=C/CC)c1/C=C\C. The van der Waals surface area contributed by atoms with Gasteiger partial charge in [0.15, 0.2) is 0 Å². The highest BCUT2D eigenvalue weighted by molar-refractivity contribution is 5.80. The van der Waals surface area contributed by atoms with Crippen molar-refractivity contribution >= 4 is 23.5 Å². The van der Waals surface area contributed by atoms with Crippen molar-refractivity contribution in [1.82, 2.24) is 0 Å². The molecule has 0 spiro atoms. The van der Waals surface area contributed by atoms with Crippen molar-refractivity contribution in [2.45, 2.75) is 27.2 Å². The van der Waals surface area contributed by atoms with Crippen LogP contribution >= 0.6 is 0 Å². The van der Waals surface area contributed by atoms with Crippen LogP contribution in [0.25, 0.3) is 12.2 Å². The summed E-state index contributed by atoms with van der Waals surface area (Å²) < 4.78 is 0. The second-order valence-electron chi connectivity index (χ2n) is 4.44. The standard InChI is InChI=1S/C18H23N3/c1-5-9-14(10-6-2)20-21-18-13-12-17(19)15(8-4)16(18)11-7-3/h5,7-13H,4,6,19H2,1-3H3/b9-5-,11-7-,14-10+,21-20?. The zero-order valence-electron chi connectivity index (χ0n) is 13.0. The Balaban J connectivity index is 3.30. The van der Waals surface area contributed by atoms with Crippen LogP contribution < -0.4 is 5.73 Å². The molecular formula is C18H23N3. The molecule has 0 unspecified atom stereocenters. The number of nitrogens with two attached hydrogens (primary N) is 1. The Morgan fingerprint density at radius 3 is 2.57 bits per heavy atom. The van der Waals surface area contributed by atoms with Crippen molar-refractivity contribution in [3.8, 4) is 0 Å². The molecule has 3 heteroatoms. The topological polar surface area (TPSA) is 50.7 Å². The largest absolute Gasteiger partial charge is 0.398 e. The number of benzene rings is 1. The van der Waals surface area contributed by atoms with Crippen molar-refractivity contribution in [3.63, 3.8) is 0 Å². The smallest absolute Gasteiger partial charge is 0.0936 e. The van der Waals surface area contributed by atoms with Crippen molar-refractivity contribution in [2.24, 2.45) is 10.2 Å². The summed E-state index contributed by atoms with van der Waals surface area (Å²) in [7, 11) is 0. The Bertz CT molecular complexity index is 605. The highest BCUT2D eigenvalue weighted by Crippen LogP contribution is 2.30. The third-order valence-corrected chi connectivity index (χ3v) is 2.86. The number of azo groups is 1. The fourth-order valence-corrected chi connectivity index (χ4v) is 1.93. The molecule has 1 rings (SSSR count). The van der Waals surface area contributed by atoms with Gasteiger partial charge in [0.1, 0.15) is 0 Å². The molecule has 0 fully saturated rings. The summed E-state index contributed by atoms with van der Waals surface area (Å²) in [6.07, 6.45) is 12.5. The van der Waals surface area contributed by atoms with Crippen molar-refractivity contribution in [3.05, 3.63) is 59.8 Å². The number of hydrogen-bond donors (Lipinski definition) is 1. The lowest BCUT2D eigenvalue weighted by atomic mass is 10.0. The van der Waals surface area contributed by atoms with Gasteiger partial charge in [0, 0.05) is 16.8 Å². The van der Waals surface area contributed by atoms with Crippen LogP contribution in [0.2, 0.25) is 0 Å². The van der Waals surface area contributed by atoms with Gasteiger partial charge in [0.05, 0.1) is 11.4 Å². The predicted molar refractivity (Wildman–Crippen MR) is 93.4 cm³/mol. The van der Waals surface area contributed by atoms with Crippen LogP contribution in [0.5, 0.6) is 0 Å². The van der Waals surface area contributed by atoms with E-state index >= 15 is 0 Å². The van der Waals surface area contributed by atoms with Gasteiger partial charge in [-0.05, 0) is 38.5 Å². The van der Waals surface area contributed by atoms with Gasteiger partial charge < -0.3 is 5.73 Å². The van der Waals surface area contributed by atoms with Crippen LogP contribution in [-0.4, -0.2) is 0 Å². The Kier molecular flexibility index (Phi) is 6.88. The van der Waals surface area contributed by atoms with E-state index in [2.05, 4.69) is 23.7 Å². The summed E-state index contributed by atoms with van der Waals surface area (Å²) in [6, 6.07) is 3.71. The first-order valence-corrected chi connectivity index (χ1v) is 7.10. The maximum absolute atomic E-state index is 5.98. The lowest BCUT2D eigenvalue weighted by Gasteiger charge is -2.08. The van der Waals surface area contributed by atoms with Gasteiger partial charge in [-0.2, -0.15) is 5.11 Å². The van der Waals surface area contributed by atoms with Gasteiger partial charge in [-0.3, -0.25) is 0 Å². The average Bonchev–Trinajstić information content (AvgIpc) is 2.47. The Morgan fingerprint density at radius 2 is 2.00 bits per heavy atom. The van der Waals surface area contributed by atoms with Crippen molar-refractivity contribution in [1.29, 1.82) is 0 Å². The van der Waals surface area contributed by atoms with E-state index in [0.717, 1.165) is 28.9 Å². The lowest BCUT2D eigenvalue weighted by Crippen LogP contribution is -1.92. The number of hydrogen-bond acceptors (Lipinski definition) is 3. The van der Waals surface area contributed by atoms with E-state index in [1.54, 1.807) is 6.08 Å². The summed E-state index contributed by atoms with van der Waals surface area (Å²) in [5.41, 5.74) is 10.1. The van der Waals surface area contributed by atoms with E-state index < -0.39 is 0 Å². The average molecular weight is 281 g/mol. The summed E-state index contributed by atoms with van der Waals surface area (Å²) in [5.74, 6) is 0. The van der Waals surface area contributed by atoms with Crippen LogP contribution in [0.1, 0.15) is 38.3 Å². The highest BCUT2D eigenvalue weighted by atomic mass is 15.1. The summed E-state index contributed by atoms with van der Waals surface area (Å²) in [5, 5.41) is 8.67. The summed E-state index contributed by atoms with van der Waals surface area (Å²) >= 11 is 0. The first-order valence-electron chi connectivity index (χ1n) is 7.10. The summed E-state index contributed by atoms with van der Waals surface area (Å²) in [6.45, 7) is 9.81. The predicted octanol–water partition coefficient (Wildman–Crippen LogP) is 5.90. The molecule has 21 heavy (non-hydrogen) atoms. The van der Waals surface area contributed by atoms with E-state index in [0.29, 0.717) is 5.69 Å². The minimum atomic E-state index is 0.690. The molecule has 0 aliphatic heterocycles. The van der Waals surface area contributed by atoms with Crippen LogP contribution in [-0.2, 0) is 0 Å². The molecule has 1 aromatic carbocycles. The first kappa shape index (κ1) is 16.6. The van der Waals surface area contributed by atoms with E-state index in [9.17, 15) is 0 Å². The van der Waals surface area contributed by atoms with E-state index in [4.69, 9.17) is 5.73 Å². The minimum absolute atomic E-state index is 0.690. The third kappa shape index (κ3) is 4.56. The third-order valence-electron chi connectivity index (χ3n) is 2.86. The fraction of sp³-hybridized carbons (Fsp3) is 0.222. The molecule has 0 aromatic heterocycles. The molecule has 0 saturated carbocycles. The molecule has 0 amide bonds. The molecular weight excluding hydrogens is 258 g/mol. The molecule has 2 N–H and O–H groups in total. The van der Waals surface area contributed by atoms with Gasteiger partial charge in [-0.1, -0.05) is 43.9 Å². The zero-order valence-corrected chi connectivity index (χ0v) is 13.0. The number of nitrogens with zero attached hydrogens (tertiary/aromatic N) is 2. The second-order valence-corrected chi connectivity index (χ2v) is 4.44. The molecule has 0 heterocycles. The maximum Gasteiger partial charge on any atom is 0.0936 e. The molecule has 0 radical (unpaired) electrons. The van der Waals surface area contributed by atoms with Crippen molar-refractivity contribution < 1.29 is 0 Å². The zero-order chi connectivity index (χ0) is 15.7. The monoisotopic (exact) mass is 281 g/mol. The molecule has 0 atom stereocenters. The second kappa shape index (κ2) is 8.69. The van der Waals surface area contributed by atoms with Gasteiger partial charge in [-0.15, -0.1) is 5.11 Å². The molecule has 110 valence electrons. The molecule has 0 saturated heterocycles.